The number of nitrogens with one attached hydrogen (secondary N) is 1. The molecule has 1 rings (SSSR count). The molecule has 0 heterocycles. The molecule has 1 unspecified atom stereocenters. The third-order valence-corrected chi connectivity index (χ3v) is 3.48. The van der Waals surface area contributed by atoms with Gasteiger partial charge in [0, 0.05) is 29.3 Å². The minimum Gasteiger partial charge on any atom is -0.381 e. The Labute approximate surface area is 123 Å². The van der Waals surface area contributed by atoms with Gasteiger partial charge in [-0.25, -0.2) is 4.39 Å². The van der Waals surface area contributed by atoms with Gasteiger partial charge in [-0.15, -0.1) is 0 Å². The van der Waals surface area contributed by atoms with Crippen LogP contribution in [-0.2, 0) is 4.74 Å². The van der Waals surface area contributed by atoms with Crippen molar-refractivity contribution in [3.8, 4) is 0 Å². The normalized spacial score (nSPS) is 12.6. The van der Waals surface area contributed by atoms with Gasteiger partial charge in [-0.3, -0.25) is 0 Å². The van der Waals surface area contributed by atoms with E-state index in [1.807, 2.05) is 13.0 Å². The Balaban J connectivity index is 2.23. The molecule has 0 amide bonds. The maximum Gasteiger partial charge on any atom is 0.128 e. The first-order valence-electron chi connectivity index (χ1n) is 6.91. The Morgan fingerprint density at radius 1 is 1.32 bits per heavy atom. The molecule has 108 valence electrons. The van der Waals surface area contributed by atoms with Crippen molar-refractivity contribution in [2.24, 2.45) is 0 Å². The number of rotatable bonds is 9. The lowest BCUT2D eigenvalue weighted by atomic mass is 10.1. The van der Waals surface area contributed by atoms with Gasteiger partial charge in [-0.1, -0.05) is 29.3 Å². The van der Waals surface area contributed by atoms with E-state index in [-0.39, 0.29) is 11.9 Å². The molecule has 0 spiro atoms. The molecule has 4 heteroatoms. The molecule has 0 saturated carbocycles. The van der Waals surface area contributed by atoms with Crippen molar-refractivity contribution >= 4 is 15.9 Å². The first-order chi connectivity index (χ1) is 9.15. The summed E-state index contributed by atoms with van der Waals surface area (Å²) in [7, 11) is 0. The molecule has 0 aliphatic carbocycles. The highest BCUT2D eigenvalue weighted by atomic mass is 79.9. The van der Waals surface area contributed by atoms with Crippen molar-refractivity contribution in [2.45, 2.75) is 39.2 Å². The summed E-state index contributed by atoms with van der Waals surface area (Å²) in [6.07, 6.45) is 3.23. The molecular formula is C15H23BrFNO. The summed E-state index contributed by atoms with van der Waals surface area (Å²) in [5.74, 6) is -0.164. The second-order valence-electron chi connectivity index (χ2n) is 4.66. The molecule has 1 aromatic carbocycles. The number of hydrogen-bond donors (Lipinski definition) is 1. The first kappa shape index (κ1) is 16.6. The van der Waals surface area contributed by atoms with Crippen LogP contribution < -0.4 is 5.32 Å². The van der Waals surface area contributed by atoms with Gasteiger partial charge in [0.25, 0.3) is 0 Å². The fourth-order valence-corrected chi connectivity index (χ4v) is 2.18. The van der Waals surface area contributed by atoms with E-state index in [1.54, 1.807) is 6.07 Å². The Morgan fingerprint density at radius 3 is 2.79 bits per heavy atom. The number of halogens is 2. The van der Waals surface area contributed by atoms with Gasteiger partial charge in [-0.2, -0.15) is 0 Å². The van der Waals surface area contributed by atoms with E-state index in [0.29, 0.717) is 5.56 Å². The van der Waals surface area contributed by atoms with Crippen molar-refractivity contribution in [3.63, 3.8) is 0 Å². The SMILES string of the molecule is CCCCOCCCNC(C)c1cc(Br)ccc1F. The zero-order valence-corrected chi connectivity index (χ0v) is 13.3. The Morgan fingerprint density at radius 2 is 2.05 bits per heavy atom. The number of ether oxygens (including phenoxy) is 1. The molecule has 1 N–H and O–H groups in total. The van der Waals surface area contributed by atoms with Crippen molar-refractivity contribution in [2.75, 3.05) is 19.8 Å². The molecule has 0 radical (unpaired) electrons. The monoisotopic (exact) mass is 331 g/mol. The maximum absolute atomic E-state index is 13.6. The van der Waals surface area contributed by atoms with E-state index in [9.17, 15) is 4.39 Å². The minimum absolute atomic E-state index is 0.00754. The predicted octanol–water partition coefficient (Wildman–Crippen LogP) is 4.45. The fourth-order valence-electron chi connectivity index (χ4n) is 1.80. The van der Waals surface area contributed by atoms with Gasteiger partial charge >= 0.3 is 0 Å². The zero-order valence-electron chi connectivity index (χ0n) is 11.7. The molecule has 0 saturated heterocycles. The molecule has 2 nitrogen and oxygen atoms in total. The van der Waals surface area contributed by atoms with E-state index in [4.69, 9.17) is 4.74 Å². The first-order valence-corrected chi connectivity index (χ1v) is 7.70. The maximum atomic E-state index is 13.6. The summed E-state index contributed by atoms with van der Waals surface area (Å²) in [6.45, 7) is 6.56. The lowest BCUT2D eigenvalue weighted by Crippen LogP contribution is -2.22. The highest BCUT2D eigenvalue weighted by Crippen LogP contribution is 2.21. The standard InChI is InChI=1S/C15H23BrFNO/c1-3-4-9-19-10-5-8-18-12(2)14-11-13(16)6-7-15(14)17/h6-7,11-12,18H,3-5,8-10H2,1-2H3. The second-order valence-corrected chi connectivity index (χ2v) is 5.58. The Bertz CT molecular complexity index is 373. The molecule has 19 heavy (non-hydrogen) atoms. The molecule has 0 aliphatic rings. The number of unbranched alkanes of at least 4 members (excludes halogenated alkanes) is 1. The van der Waals surface area contributed by atoms with Crippen LogP contribution in [0.5, 0.6) is 0 Å². The second kappa shape index (κ2) is 9.45. The summed E-state index contributed by atoms with van der Waals surface area (Å²) in [5, 5.41) is 3.32. The summed E-state index contributed by atoms with van der Waals surface area (Å²) >= 11 is 3.37. The molecule has 0 bridgehead atoms. The lowest BCUT2D eigenvalue weighted by Gasteiger charge is -2.15. The van der Waals surface area contributed by atoms with Crippen LogP contribution in [0.4, 0.5) is 4.39 Å². The van der Waals surface area contributed by atoms with Gasteiger partial charge in [0.1, 0.15) is 5.82 Å². The Hall–Kier alpha value is -0.450. The van der Waals surface area contributed by atoms with Crippen molar-refractivity contribution in [3.05, 3.63) is 34.1 Å². The highest BCUT2D eigenvalue weighted by molar-refractivity contribution is 9.10. The zero-order chi connectivity index (χ0) is 14.1. The van der Waals surface area contributed by atoms with Crippen LogP contribution >= 0.6 is 15.9 Å². The van der Waals surface area contributed by atoms with E-state index < -0.39 is 0 Å². The van der Waals surface area contributed by atoms with Gasteiger partial charge in [0.2, 0.25) is 0 Å². The predicted molar refractivity (Wildman–Crippen MR) is 80.9 cm³/mol. The third kappa shape index (κ3) is 6.50. The van der Waals surface area contributed by atoms with Crippen LogP contribution in [0.15, 0.2) is 22.7 Å². The van der Waals surface area contributed by atoms with Crippen LogP contribution in [0, 0.1) is 5.82 Å². The Kier molecular flexibility index (Phi) is 8.26. The topological polar surface area (TPSA) is 21.3 Å². The molecule has 1 aromatic rings. The van der Waals surface area contributed by atoms with Crippen LogP contribution in [-0.4, -0.2) is 19.8 Å². The van der Waals surface area contributed by atoms with E-state index in [2.05, 4.69) is 28.2 Å². The summed E-state index contributed by atoms with van der Waals surface area (Å²) in [6, 6.07) is 5.04. The van der Waals surface area contributed by atoms with E-state index in [0.717, 1.165) is 43.5 Å². The molecule has 1 atom stereocenters. The van der Waals surface area contributed by atoms with Crippen LogP contribution in [0.3, 0.4) is 0 Å². The summed E-state index contributed by atoms with van der Waals surface area (Å²) in [5.41, 5.74) is 0.696. The van der Waals surface area contributed by atoms with Crippen molar-refractivity contribution in [1.82, 2.24) is 5.32 Å². The van der Waals surface area contributed by atoms with Gasteiger partial charge in [0.05, 0.1) is 0 Å². The summed E-state index contributed by atoms with van der Waals surface area (Å²) in [4.78, 5) is 0. The lowest BCUT2D eigenvalue weighted by molar-refractivity contribution is 0.128. The number of hydrogen-bond acceptors (Lipinski definition) is 2. The molecular weight excluding hydrogens is 309 g/mol. The van der Waals surface area contributed by atoms with E-state index >= 15 is 0 Å². The van der Waals surface area contributed by atoms with Gasteiger partial charge in [0.15, 0.2) is 0 Å². The van der Waals surface area contributed by atoms with Crippen molar-refractivity contribution in [1.29, 1.82) is 0 Å². The quantitative estimate of drug-likeness (QED) is 0.675. The average molecular weight is 332 g/mol. The summed E-state index contributed by atoms with van der Waals surface area (Å²) < 4.78 is 20.0. The number of benzene rings is 1. The molecule has 0 aliphatic heterocycles. The highest BCUT2D eigenvalue weighted by Gasteiger charge is 2.10. The smallest absolute Gasteiger partial charge is 0.128 e. The van der Waals surface area contributed by atoms with Crippen LogP contribution in [0.25, 0.3) is 0 Å². The van der Waals surface area contributed by atoms with E-state index in [1.165, 1.54) is 6.07 Å². The largest absolute Gasteiger partial charge is 0.381 e. The van der Waals surface area contributed by atoms with Gasteiger partial charge in [-0.05, 0) is 44.5 Å². The molecule has 0 aromatic heterocycles. The fraction of sp³-hybridized carbons (Fsp3) is 0.600. The van der Waals surface area contributed by atoms with Gasteiger partial charge < -0.3 is 10.1 Å². The third-order valence-electron chi connectivity index (χ3n) is 2.98. The van der Waals surface area contributed by atoms with Crippen LogP contribution in [0.2, 0.25) is 0 Å². The molecule has 0 fully saturated rings. The average Bonchev–Trinajstić information content (AvgIpc) is 2.40. The minimum atomic E-state index is -0.164. The van der Waals surface area contributed by atoms with Crippen molar-refractivity contribution < 1.29 is 9.13 Å². The van der Waals surface area contributed by atoms with Crippen LogP contribution in [0.1, 0.15) is 44.7 Å².